The Bertz CT molecular complexity index is 738. The first-order chi connectivity index (χ1) is 11.9. The van der Waals surface area contributed by atoms with E-state index in [0.717, 1.165) is 37.1 Å². The van der Waals surface area contributed by atoms with Gasteiger partial charge in [0.05, 0.1) is 4.90 Å². The molecule has 1 aromatic carbocycles. The molecule has 1 fully saturated rings. The first-order valence-electron chi connectivity index (χ1n) is 8.94. The van der Waals surface area contributed by atoms with Gasteiger partial charge in [-0.05, 0) is 76.0 Å². The molecule has 25 heavy (non-hydrogen) atoms. The largest absolute Gasteiger partial charge is 0.326 e. The highest BCUT2D eigenvalue weighted by molar-refractivity contribution is 7.89. The second kappa shape index (κ2) is 7.43. The monoisotopic (exact) mass is 365 g/mol. The van der Waals surface area contributed by atoms with Crippen molar-refractivity contribution in [1.82, 2.24) is 9.21 Å². The summed E-state index contributed by atoms with van der Waals surface area (Å²) < 4.78 is 27.5. The number of carbonyl (C=O) groups excluding carboxylic acids is 1. The normalized spacial score (nSPS) is 19.7. The smallest absolute Gasteiger partial charge is 0.243 e. The Labute approximate surface area is 150 Å². The number of rotatable bonds is 5. The van der Waals surface area contributed by atoms with Crippen molar-refractivity contribution < 1.29 is 13.2 Å². The molecule has 0 aliphatic carbocycles. The van der Waals surface area contributed by atoms with Crippen LogP contribution in [0.2, 0.25) is 0 Å². The molecule has 0 unspecified atom stereocenters. The Morgan fingerprint density at radius 2 is 1.92 bits per heavy atom. The summed E-state index contributed by atoms with van der Waals surface area (Å²) in [7, 11) is 0.682. The molecule has 0 atom stereocenters. The molecule has 0 aromatic heterocycles. The summed E-state index contributed by atoms with van der Waals surface area (Å²) in [6, 6.07) is 5.04. The van der Waals surface area contributed by atoms with Crippen molar-refractivity contribution in [3.63, 3.8) is 0 Å². The fourth-order valence-corrected chi connectivity index (χ4v) is 5.07. The van der Waals surface area contributed by atoms with Gasteiger partial charge in [0.25, 0.3) is 0 Å². The van der Waals surface area contributed by atoms with Gasteiger partial charge in [-0.2, -0.15) is 4.31 Å². The summed E-state index contributed by atoms with van der Waals surface area (Å²) in [5, 5.41) is 2.80. The van der Waals surface area contributed by atoms with E-state index in [1.807, 2.05) is 0 Å². The van der Waals surface area contributed by atoms with Crippen molar-refractivity contribution in [2.24, 2.45) is 5.92 Å². The van der Waals surface area contributed by atoms with Gasteiger partial charge in [0.15, 0.2) is 0 Å². The molecule has 7 heteroatoms. The highest BCUT2D eigenvalue weighted by atomic mass is 32.2. The number of nitrogens with zero attached hydrogens (tertiary/aromatic N) is 2. The molecule has 1 aromatic rings. The summed E-state index contributed by atoms with van der Waals surface area (Å²) in [4.78, 5) is 14.0. The maximum Gasteiger partial charge on any atom is 0.243 e. The Morgan fingerprint density at radius 3 is 2.60 bits per heavy atom. The molecule has 0 spiro atoms. The summed E-state index contributed by atoms with van der Waals surface area (Å²) in [6.45, 7) is 2.23. The fraction of sp³-hybridized carbons (Fsp3) is 0.611. The van der Waals surface area contributed by atoms with Gasteiger partial charge in [-0.1, -0.05) is 0 Å². The van der Waals surface area contributed by atoms with Gasteiger partial charge in [-0.3, -0.25) is 4.79 Å². The predicted molar refractivity (Wildman–Crippen MR) is 98.0 cm³/mol. The first kappa shape index (κ1) is 18.4. The molecule has 1 N–H and O–H groups in total. The summed E-state index contributed by atoms with van der Waals surface area (Å²) >= 11 is 0. The van der Waals surface area contributed by atoms with Crippen LogP contribution < -0.4 is 5.32 Å². The van der Waals surface area contributed by atoms with Crippen LogP contribution in [-0.4, -0.2) is 57.3 Å². The fourth-order valence-electron chi connectivity index (χ4n) is 3.55. The molecule has 0 radical (unpaired) electrons. The predicted octanol–water partition coefficient (Wildman–Crippen LogP) is 1.92. The van der Waals surface area contributed by atoms with E-state index in [9.17, 15) is 13.2 Å². The van der Waals surface area contributed by atoms with Crippen molar-refractivity contribution in [1.29, 1.82) is 0 Å². The van der Waals surface area contributed by atoms with Gasteiger partial charge in [0.2, 0.25) is 15.9 Å². The number of anilines is 1. The second-order valence-electron chi connectivity index (χ2n) is 7.31. The number of benzene rings is 1. The molecule has 2 aliphatic heterocycles. The van der Waals surface area contributed by atoms with Crippen LogP contribution in [0.5, 0.6) is 0 Å². The van der Waals surface area contributed by atoms with E-state index < -0.39 is 10.0 Å². The van der Waals surface area contributed by atoms with Crippen molar-refractivity contribution >= 4 is 21.6 Å². The zero-order chi connectivity index (χ0) is 18.0. The Hall–Kier alpha value is -1.44. The van der Waals surface area contributed by atoms with Gasteiger partial charge in [-0.15, -0.1) is 0 Å². The van der Waals surface area contributed by atoms with Crippen LogP contribution in [0.1, 0.15) is 31.2 Å². The lowest BCUT2D eigenvalue weighted by molar-refractivity contribution is -0.116. The maximum atomic E-state index is 12.9. The number of carbonyl (C=O) groups is 1. The van der Waals surface area contributed by atoms with E-state index in [-0.39, 0.29) is 5.91 Å². The Kier molecular flexibility index (Phi) is 5.46. The summed E-state index contributed by atoms with van der Waals surface area (Å²) in [5.74, 6) is 0.593. The van der Waals surface area contributed by atoms with E-state index >= 15 is 0 Å². The number of fused-ring (bicyclic) bond motifs is 1. The lowest BCUT2D eigenvalue weighted by Crippen LogP contribution is -2.39. The number of amides is 1. The molecule has 3 rings (SSSR count). The maximum absolute atomic E-state index is 12.9. The Balaban J connectivity index is 1.67. The van der Waals surface area contributed by atoms with Crippen LogP contribution in [0, 0.1) is 5.92 Å². The van der Waals surface area contributed by atoms with E-state index in [2.05, 4.69) is 24.3 Å². The minimum absolute atomic E-state index is 0.0112. The van der Waals surface area contributed by atoms with Gasteiger partial charge >= 0.3 is 0 Å². The topological polar surface area (TPSA) is 69.7 Å². The quantitative estimate of drug-likeness (QED) is 0.866. The average Bonchev–Trinajstić information content (AvgIpc) is 2.59. The third-order valence-electron chi connectivity index (χ3n) is 5.17. The standard InChI is InChI=1S/C18H27N3O3S/c1-20(2)10-7-14-8-11-21(12-9-14)25(23,24)16-4-5-17-15(13-16)3-6-18(22)19-17/h4-5,13-14H,3,6-12H2,1-2H3,(H,19,22). The highest BCUT2D eigenvalue weighted by Gasteiger charge is 2.30. The van der Waals surface area contributed by atoms with Crippen LogP contribution in [0.15, 0.2) is 23.1 Å². The van der Waals surface area contributed by atoms with Crippen LogP contribution in [-0.2, 0) is 21.2 Å². The molecule has 138 valence electrons. The minimum atomic E-state index is -3.45. The van der Waals surface area contributed by atoms with Crippen molar-refractivity contribution in [3.05, 3.63) is 23.8 Å². The van der Waals surface area contributed by atoms with Crippen LogP contribution >= 0.6 is 0 Å². The van der Waals surface area contributed by atoms with Crippen molar-refractivity contribution in [2.75, 3.05) is 39.0 Å². The number of hydrogen-bond acceptors (Lipinski definition) is 4. The highest BCUT2D eigenvalue weighted by Crippen LogP contribution is 2.29. The molecular weight excluding hydrogens is 338 g/mol. The summed E-state index contributed by atoms with van der Waals surface area (Å²) in [5.41, 5.74) is 1.64. The van der Waals surface area contributed by atoms with Crippen molar-refractivity contribution in [3.8, 4) is 0 Å². The van der Waals surface area contributed by atoms with Crippen LogP contribution in [0.4, 0.5) is 5.69 Å². The second-order valence-corrected chi connectivity index (χ2v) is 9.24. The van der Waals surface area contributed by atoms with E-state index in [4.69, 9.17) is 0 Å². The molecule has 1 amide bonds. The van der Waals surface area contributed by atoms with E-state index in [1.54, 1.807) is 22.5 Å². The third-order valence-corrected chi connectivity index (χ3v) is 7.06. The number of aryl methyl sites for hydroxylation is 1. The molecule has 0 bridgehead atoms. The molecule has 2 heterocycles. The van der Waals surface area contributed by atoms with Crippen molar-refractivity contribution in [2.45, 2.75) is 37.0 Å². The molecule has 1 saturated heterocycles. The van der Waals surface area contributed by atoms with Crippen LogP contribution in [0.3, 0.4) is 0 Å². The molecule has 6 nitrogen and oxygen atoms in total. The van der Waals surface area contributed by atoms with E-state index in [0.29, 0.717) is 36.7 Å². The number of nitrogens with one attached hydrogen (secondary N) is 1. The zero-order valence-corrected chi connectivity index (χ0v) is 15.8. The SMILES string of the molecule is CN(C)CCC1CCN(S(=O)(=O)c2ccc3c(c2)CCC(=O)N3)CC1. The lowest BCUT2D eigenvalue weighted by Gasteiger charge is -2.32. The van der Waals surface area contributed by atoms with Gasteiger partial charge in [0, 0.05) is 25.2 Å². The summed E-state index contributed by atoms with van der Waals surface area (Å²) in [6.07, 6.45) is 3.98. The number of sulfonamides is 1. The molecule has 0 saturated carbocycles. The minimum Gasteiger partial charge on any atom is -0.326 e. The Morgan fingerprint density at radius 1 is 1.20 bits per heavy atom. The zero-order valence-electron chi connectivity index (χ0n) is 15.0. The van der Waals surface area contributed by atoms with Gasteiger partial charge < -0.3 is 10.2 Å². The van der Waals surface area contributed by atoms with Crippen LogP contribution in [0.25, 0.3) is 0 Å². The number of piperidine rings is 1. The average molecular weight is 365 g/mol. The van der Waals surface area contributed by atoms with Gasteiger partial charge in [0.1, 0.15) is 0 Å². The third kappa shape index (κ3) is 4.22. The van der Waals surface area contributed by atoms with Gasteiger partial charge in [-0.25, -0.2) is 8.42 Å². The van der Waals surface area contributed by atoms with E-state index in [1.165, 1.54) is 0 Å². The molecular formula is C18H27N3O3S. The number of hydrogen-bond donors (Lipinski definition) is 1. The molecule has 2 aliphatic rings. The lowest BCUT2D eigenvalue weighted by atomic mass is 9.94. The first-order valence-corrected chi connectivity index (χ1v) is 10.4.